The van der Waals surface area contributed by atoms with E-state index < -0.39 is 15.3 Å². The standard InChI is InChI=1S/C8H14N2O2S2/c1-5-8(13-7(3)10-5)6(2)14(11,12)9-4/h6,9H,1-4H3. The molecule has 0 aliphatic carbocycles. The molecule has 0 aliphatic rings. The van der Waals surface area contributed by atoms with Gasteiger partial charge in [-0.15, -0.1) is 11.3 Å². The summed E-state index contributed by atoms with van der Waals surface area (Å²) in [6.45, 7) is 5.38. The van der Waals surface area contributed by atoms with Crippen molar-refractivity contribution in [3.8, 4) is 0 Å². The molecule has 0 fully saturated rings. The van der Waals surface area contributed by atoms with Gasteiger partial charge in [-0.05, 0) is 27.8 Å². The first-order valence-corrected chi connectivity index (χ1v) is 6.61. The predicted molar refractivity (Wildman–Crippen MR) is 58.0 cm³/mol. The summed E-state index contributed by atoms with van der Waals surface area (Å²) in [4.78, 5) is 5.02. The Hall–Kier alpha value is -0.460. The molecule has 0 aromatic carbocycles. The molecule has 4 nitrogen and oxygen atoms in total. The van der Waals surface area contributed by atoms with Crippen molar-refractivity contribution < 1.29 is 8.42 Å². The van der Waals surface area contributed by atoms with Gasteiger partial charge in [0.05, 0.1) is 10.7 Å². The minimum absolute atomic E-state index is 0.529. The van der Waals surface area contributed by atoms with Gasteiger partial charge >= 0.3 is 0 Å². The summed E-state index contributed by atoms with van der Waals surface area (Å²) in [5.74, 6) is 0. The SMILES string of the molecule is CNS(=O)(=O)C(C)c1sc(C)nc1C. The third kappa shape index (κ3) is 2.13. The fourth-order valence-corrected chi connectivity index (χ4v) is 3.43. The molecule has 0 bridgehead atoms. The van der Waals surface area contributed by atoms with Crippen molar-refractivity contribution in [2.24, 2.45) is 0 Å². The molecule has 0 radical (unpaired) electrons. The average Bonchev–Trinajstić information content (AvgIpc) is 2.44. The Morgan fingerprint density at radius 2 is 2.00 bits per heavy atom. The Labute approximate surface area is 88.4 Å². The number of thiazole rings is 1. The summed E-state index contributed by atoms with van der Waals surface area (Å²) in [5, 5.41) is 0.370. The Bertz CT molecular complexity index is 423. The fraction of sp³-hybridized carbons (Fsp3) is 0.625. The Morgan fingerprint density at radius 1 is 1.43 bits per heavy atom. The molecule has 1 aromatic rings. The Kier molecular flexibility index (Phi) is 3.28. The van der Waals surface area contributed by atoms with Crippen molar-refractivity contribution >= 4 is 21.4 Å². The second kappa shape index (κ2) is 3.96. The zero-order chi connectivity index (χ0) is 10.9. The van der Waals surface area contributed by atoms with Gasteiger partial charge in [-0.2, -0.15) is 0 Å². The zero-order valence-electron chi connectivity index (χ0n) is 8.66. The third-order valence-electron chi connectivity index (χ3n) is 2.06. The van der Waals surface area contributed by atoms with Crippen molar-refractivity contribution in [2.75, 3.05) is 7.05 Å². The van der Waals surface area contributed by atoms with E-state index in [9.17, 15) is 8.42 Å². The lowest BCUT2D eigenvalue weighted by molar-refractivity contribution is 0.578. The van der Waals surface area contributed by atoms with Gasteiger partial charge in [-0.3, -0.25) is 0 Å². The van der Waals surface area contributed by atoms with Gasteiger partial charge < -0.3 is 0 Å². The van der Waals surface area contributed by atoms with Gasteiger partial charge in [0.1, 0.15) is 5.25 Å². The van der Waals surface area contributed by atoms with Crippen molar-refractivity contribution in [1.82, 2.24) is 9.71 Å². The van der Waals surface area contributed by atoms with Crippen LogP contribution in [0.1, 0.15) is 27.8 Å². The van der Waals surface area contributed by atoms with Crippen LogP contribution in [-0.2, 0) is 10.0 Å². The van der Waals surface area contributed by atoms with Gasteiger partial charge in [-0.25, -0.2) is 18.1 Å². The van der Waals surface area contributed by atoms with Crippen LogP contribution in [0.2, 0.25) is 0 Å². The monoisotopic (exact) mass is 234 g/mol. The summed E-state index contributed by atoms with van der Waals surface area (Å²) in [6, 6.07) is 0. The van der Waals surface area contributed by atoms with Crippen LogP contribution in [0.15, 0.2) is 0 Å². The van der Waals surface area contributed by atoms with Gasteiger partial charge in [-0.1, -0.05) is 0 Å². The highest BCUT2D eigenvalue weighted by atomic mass is 32.2. The number of aryl methyl sites for hydroxylation is 2. The van der Waals surface area contributed by atoms with Crippen molar-refractivity contribution in [3.63, 3.8) is 0 Å². The Morgan fingerprint density at radius 3 is 2.36 bits per heavy atom. The van der Waals surface area contributed by atoms with Crippen LogP contribution < -0.4 is 4.72 Å². The van der Waals surface area contributed by atoms with E-state index >= 15 is 0 Å². The average molecular weight is 234 g/mol. The topological polar surface area (TPSA) is 59.1 Å². The molecule has 1 atom stereocenters. The number of rotatable bonds is 3. The number of nitrogens with zero attached hydrogens (tertiary/aromatic N) is 1. The number of hydrogen-bond acceptors (Lipinski definition) is 4. The normalized spacial score (nSPS) is 14.3. The molecule has 0 spiro atoms. The van der Waals surface area contributed by atoms with E-state index in [-0.39, 0.29) is 0 Å². The summed E-state index contributed by atoms with van der Waals surface area (Å²) in [5.41, 5.74) is 0.804. The van der Waals surface area contributed by atoms with Crippen LogP contribution in [0.3, 0.4) is 0 Å². The second-order valence-electron chi connectivity index (χ2n) is 3.07. The van der Waals surface area contributed by atoms with Crippen molar-refractivity contribution in [3.05, 3.63) is 15.6 Å². The summed E-state index contributed by atoms with van der Waals surface area (Å²) in [7, 11) is -1.81. The zero-order valence-corrected chi connectivity index (χ0v) is 10.3. The van der Waals surface area contributed by atoms with Crippen LogP contribution in [0.5, 0.6) is 0 Å². The number of nitrogens with one attached hydrogen (secondary N) is 1. The van der Waals surface area contributed by atoms with E-state index in [1.807, 2.05) is 13.8 Å². The van der Waals surface area contributed by atoms with Gasteiger partial charge in [0.2, 0.25) is 10.0 Å². The van der Waals surface area contributed by atoms with Crippen LogP contribution in [0.4, 0.5) is 0 Å². The maximum absolute atomic E-state index is 11.5. The predicted octanol–water partition coefficient (Wildman–Crippen LogP) is 1.37. The molecule has 1 rings (SSSR count). The highest BCUT2D eigenvalue weighted by Crippen LogP contribution is 2.29. The lowest BCUT2D eigenvalue weighted by Crippen LogP contribution is -2.23. The molecule has 6 heteroatoms. The van der Waals surface area contributed by atoms with Crippen LogP contribution >= 0.6 is 11.3 Å². The molecule has 1 N–H and O–H groups in total. The molecule has 1 aromatic heterocycles. The van der Waals surface area contributed by atoms with E-state index in [1.54, 1.807) is 6.92 Å². The molecule has 0 saturated carbocycles. The highest BCUT2D eigenvalue weighted by molar-refractivity contribution is 7.89. The lowest BCUT2D eigenvalue weighted by atomic mass is 10.3. The fourth-order valence-electron chi connectivity index (χ4n) is 1.24. The minimum atomic E-state index is -3.24. The summed E-state index contributed by atoms with van der Waals surface area (Å²) < 4.78 is 25.4. The van der Waals surface area contributed by atoms with E-state index in [1.165, 1.54) is 18.4 Å². The van der Waals surface area contributed by atoms with E-state index in [2.05, 4.69) is 9.71 Å². The molecule has 1 unspecified atom stereocenters. The van der Waals surface area contributed by atoms with Crippen LogP contribution in [0, 0.1) is 13.8 Å². The highest BCUT2D eigenvalue weighted by Gasteiger charge is 2.24. The maximum Gasteiger partial charge on any atom is 0.219 e. The van der Waals surface area contributed by atoms with Crippen LogP contribution in [-0.4, -0.2) is 20.4 Å². The summed E-state index contributed by atoms with van der Waals surface area (Å²) in [6.07, 6.45) is 0. The summed E-state index contributed by atoms with van der Waals surface area (Å²) >= 11 is 1.43. The van der Waals surface area contributed by atoms with Crippen molar-refractivity contribution in [2.45, 2.75) is 26.0 Å². The third-order valence-corrected chi connectivity index (χ3v) is 5.20. The van der Waals surface area contributed by atoms with E-state index in [0.29, 0.717) is 0 Å². The Balaban J connectivity index is 3.13. The van der Waals surface area contributed by atoms with Gasteiger partial charge in [0.15, 0.2) is 0 Å². The number of aromatic nitrogens is 1. The van der Waals surface area contributed by atoms with Gasteiger partial charge in [0.25, 0.3) is 0 Å². The first-order chi connectivity index (χ1) is 6.38. The number of hydrogen-bond donors (Lipinski definition) is 1. The van der Waals surface area contributed by atoms with E-state index in [0.717, 1.165) is 15.6 Å². The first kappa shape index (κ1) is 11.6. The molecule has 0 amide bonds. The lowest BCUT2D eigenvalue weighted by Gasteiger charge is -2.09. The quantitative estimate of drug-likeness (QED) is 0.859. The maximum atomic E-state index is 11.5. The molecule has 0 saturated heterocycles. The van der Waals surface area contributed by atoms with E-state index in [4.69, 9.17) is 0 Å². The molecule has 80 valence electrons. The van der Waals surface area contributed by atoms with Crippen molar-refractivity contribution in [1.29, 1.82) is 0 Å². The van der Waals surface area contributed by atoms with Crippen LogP contribution in [0.25, 0.3) is 0 Å². The largest absolute Gasteiger partial charge is 0.247 e. The minimum Gasteiger partial charge on any atom is -0.247 e. The molecular weight excluding hydrogens is 220 g/mol. The first-order valence-electron chi connectivity index (χ1n) is 4.24. The molecule has 0 aliphatic heterocycles. The second-order valence-corrected chi connectivity index (χ2v) is 6.51. The molecule has 14 heavy (non-hydrogen) atoms. The molecular formula is C8H14N2O2S2. The van der Waals surface area contributed by atoms with Gasteiger partial charge in [0, 0.05) is 4.88 Å². The smallest absolute Gasteiger partial charge is 0.219 e. The number of sulfonamides is 1. The molecule has 1 heterocycles.